The lowest BCUT2D eigenvalue weighted by molar-refractivity contribution is 1.07. The number of rotatable bonds is 5. The molecule has 256 valence electrons. The summed E-state index contributed by atoms with van der Waals surface area (Å²) >= 11 is 0. The summed E-state index contributed by atoms with van der Waals surface area (Å²) in [4.78, 5) is 15.1. The molecule has 2 aromatic heterocycles. The van der Waals surface area contributed by atoms with Gasteiger partial charge in [-0.25, -0.2) is 15.0 Å². The summed E-state index contributed by atoms with van der Waals surface area (Å²) in [6, 6.07) is 68.8. The monoisotopic (exact) mass is 700 g/mol. The highest BCUT2D eigenvalue weighted by molar-refractivity contribution is 6.28. The van der Waals surface area contributed by atoms with Crippen LogP contribution in [0.25, 0.3) is 105 Å². The predicted molar refractivity (Wildman–Crippen MR) is 228 cm³/mol. The van der Waals surface area contributed by atoms with Crippen LogP contribution in [0.3, 0.4) is 0 Å². The van der Waals surface area contributed by atoms with Crippen molar-refractivity contribution < 1.29 is 0 Å². The smallest absolute Gasteiger partial charge is 0.164 e. The van der Waals surface area contributed by atoms with E-state index in [4.69, 9.17) is 15.0 Å². The van der Waals surface area contributed by atoms with Crippen LogP contribution in [0.1, 0.15) is 0 Å². The molecular weight excluding hydrogens is 669 g/mol. The lowest BCUT2D eigenvalue weighted by Crippen LogP contribution is -2.00. The molecule has 0 aliphatic carbocycles. The average Bonchev–Trinajstić information content (AvgIpc) is 3.60. The van der Waals surface area contributed by atoms with Gasteiger partial charge < -0.3 is 4.57 Å². The molecule has 2 heterocycles. The van der Waals surface area contributed by atoms with E-state index in [1.165, 1.54) is 59.9 Å². The van der Waals surface area contributed by atoms with Crippen LogP contribution in [-0.4, -0.2) is 19.5 Å². The van der Waals surface area contributed by atoms with Crippen LogP contribution in [0, 0.1) is 0 Å². The minimum atomic E-state index is 0.642. The molecule has 0 N–H and O–H groups in total. The van der Waals surface area contributed by atoms with Crippen molar-refractivity contribution in [2.45, 2.75) is 0 Å². The second kappa shape index (κ2) is 12.6. The third-order valence-corrected chi connectivity index (χ3v) is 10.8. The molecule has 0 saturated heterocycles. The molecule has 0 bridgehead atoms. The Balaban J connectivity index is 1.18. The molecule has 4 nitrogen and oxygen atoms in total. The van der Waals surface area contributed by atoms with Crippen LogP contribution >= 0.6 is 0 Å². The Hall–Kier alpha value is -7.43. The van der Waals surface area contributed by atoms with Gasteiger partial charge in [0.05, 0.1) is 16.7 Å². The summed E-state index contributed by atoms with van der Waals surface area (Å²) in [6.45, 7) is 0. The number of hydrogen-bond donors (Lipinski definition) is 0. The van der Waals surface area contributed by atoms with Crippen molar-refractivity contribution in [2.75, 3.05) is 0 Å². The second-order valence-corrected chi connectivity index (χ2v) is 14.0. The number of fused-ring (bicyclic) bond motifs is 9. The number of benzene rings is 9. The predicted octanol–water partition coefficient (Wildman–Crippen LogP) is 13.1. The zero-order valence-corrected chi connectivity index (χ0v) is 29.8. The number of hydrogen-bond acceptors (Lipinski definition) is 3. The van der Waals surface area contributed by atoms with Gasteiger partial charge in [0.2, 0.25) is 0 Å². The van der Waals surface area contributed by atoms with Gasteiger partial charge in [0.25, 0.3) is 0 Å². The van der Waals surface area contributed by atoms with Gasteiger partial charge in [-0.2, -0.15) is 0 Å². The van der Waals surface area contributed by atoms with Gasteiger partial charge >= 0.3 is 0 Å². The molecular formula is C51H32N4. The Morgan fingerprint density at radius 3 is 1.44 bits per heavy atom. The van der Waals surface area contributed by atoms with Gasteiger partial charge in [-0.05, 0) is 68.4 Å². The van der Waals surface area contributed by atoms with Crippen LogP contribution < -0.4 is 0 Å². The molecule has 0 fully saturated rings. The van der Waals surface area contributed by atoms with E-state index in [1.807, 2.05) is 60.7 Å². The molecule has 11 aromatic rings. The normalized spacial score (nSPS) is 11.6. The van der Waals surface area contributed by atoms with Crippen LogP contribution in [0.5, 0.6) is 0 Å². The van der Waals surface area contributed by atoms with E-state index >= 15 is 0 Å². The quantitative estimate of drug-likeness (QED) is 0.168. The van der Waals surface area contributed by atoms with Gasteiger partial charge in [0.1, 0.15) is 0 Å². The lowest BCUT2D eigenvalue weighted by atomic mass is 9.92. The first kappa shape index (κ1) is 31.1. The molecule has 0 radical (unpaired) electrons. The van der Waals surface area contributed by atoms with Crippen molar-refractivity contribution in [3.8, 4) is 51.0 Å². The number of nitrogens with zero attached hydrogens (tertiary/aromatic N) is 4. The molecule has 0 atom stereocenters. The summed E-state index contributed by atoms with van der Waals surface area (Å²) < 4.78 is 2.45. The molecule has 11 rings (SSSR count). The zero-order valence-electron chi connectivity index (χ0n) is 29.8. The molecule has 0 aliphatic rings. The number of para-hydroxylation sites is 1. The largest absolute Gasteiger partial charge is 0.309 e. The third kappa shape index (κ3) is 5.11. The standard InChI is InChI=1S/C51H32N4/c1-4-15-33(16-5-1)36-28-30-46-44(31-36)40-22-12-13-25-45(40)55(46)47-26-14-24-42-43-32-37(27-29-39(43)38-21-10-11-23-41(38)48(42)47)51-53-49(34-17-6-2-7-18-34)52-50(54-51)35-19-8-3-9-20-35/h1-32H. The maximum absolute atomic E-state index is 5.08. The van der Waals surface area contributed by atoms with Crippen LogP contribution in [0.4, 0.5) is 0 Å². The highest BCUT2D eigenvalue weighted by Gasteiger charge is 2.19. The van der Waals surface area contributed by atoms with E-state index in [1.54, 1.807) is 0 Å². The van der Waals surface area contributed by atoms with Crippen molar-refractivity contribution in [3.63, 3.8) is 0 Å². The van der Waals surface area contributed by atoms with Gasteiger partial charge in [-0.3, -0.25) is 0 Å². The molecule has 9 aromatic carbocycles. The van der Waals surface area contributed by atoms with E-state index < -0.39 is 0 Å². The molecule has 0 spiro atoms. The zero-order chi connectivity index (χ0) is 36.3. The number of aromatic nitrogens is 4. The Morgan fingerprint density at radius 1 is 0.273 bits per heavy atom. The first-order chi connectivity index (χ1) is 27.3. The Bertz CT molecular complexity index is 3180. The summed E-state index contributed by atoms with van der Waals surface area (Å²) in [5.74, 6) is 1.94. The van der Waals surface area contributed by atoms with Crippen molar-refractivity contribution in [2.24, 2.45) is 0 Å². The van der Waals surface area contributed by atoms with Crippen molar-refractivity contribution in [3.05, 3.63) is 194 Å². The van der Waals surface area contributed by atoms with Gasteiger partial charge in [0, 0.05) is 32.8 Å². The van der Waals surface area contributed by atoms with E-state index in [0.29, 0.717) is 17.5 Å². The van der Waals surface area contributed by atoms with E-state index in [-0.39, 0.29) is 0 Å². The van der Waals surface area contributed by atoms with Crippen LogP contribution in [-0.2, 0) is 0 Å². The Morgan fingerprint density at radius 2 is 0.745 bits per heavy atom. The SMILES string of the molecule is c1ccc(-c2ccc3c(c2)c2ccccc2n3-c2cccc3c4cc(-c5nc(-c6ccccc6)nc(-c6ccccc6)n5)ccc4c4ccccc4c23)cc1. The molecule has 4 heteroatoms. The minimum absolute atomic E-state index is 0.642. The third-order valence-electron chi connectivity index (χ3n) is 10.8. The molecule has 0 saturated carbocycles. The molecule has 0 unspecified atom stereocenters. The summed E-state index contributed by atoms with van der Waals surface area (Å²) in [5.41, 5.74) is 8.78. The van der Waals surface area contributed by atoms with Gasteiger partial charge in [0.15, 0.2) is 17.5 Å². The first-order valence-electron chi connectivity index (χ1n) is 18.6. The van der Waals surface area contributed by atoms with Crippen molar-refractivity contribution in [1.29, 1.82) is 0 Å². The highest BCUT2D eigenvalue weighted by atomic mass is 15.0. The van der Waals surface area contributed by atoms with Crippen LogP contribution in [0.2, 0.25) is 0 Å². The molecule has 55 heavy (non-hydrogen) atoms. The maximum Gasteiger partial charge on any atom is 0.164 e. The fraction of sp³-hybridized carbons (Fsp3) is 0. The Labute approximate surface area is 317 Å². The summed E-state index contributed by atoms with van der Waals surface area (Å²) in [7, 11) is 0. The minimum Gasteiger partial charge on any atom is -0.309 e. The van der Waals surface area contributed by atoms with Gasteiger partial charge in [-0.1, -0.05) is 164 Å². The van der Waals surface area contributed by atoms with Crippen molar-refractivity contribution in [1.82, 2.24) is 19.5 Å². The molecule has 0 aliphatic heterocycles. The lowest BCUT2D eigenvalue weighted by Gasteiger charge is -2.17. The fourth-order valence-corrected chi connectivity index (χ4v) is 8.29. The van der Waals surface area contributed by atoms with E-state index in [2.05, 4.69) is 138 Å². The van der Waals surface area contributed by atoms with E-state index in [0.717, 1.165) is 27.8 Å². The molecule has 0 amide bonds. The van der Waals surface area contributed by atoms with Crippen molar-refractivity contribution >= 4 is 54.1 Å². The maximum atomic E-state index is 5.08. The van der Waals surface area contributed by atoms with Crippen LogP contribution in [0.15, 0.2) is 194 Å². The second-order valence-electron chi connectivity index (χ2n) is 14.0. The van der Waals surface area contributed by atoms with E-state index in [9.17, 15) is 0 Å². The first-order valence-corrected chi connectivity index (χ1v) is 18.6. The summed E-state index contributed by atoms with van der Waals surface area (Å²) in [5, 5.41) is 9.64. The topological polar surface area (TPSA) is 43.6 Å². The van der Waals surface area contributed by atoms with Gasteiger partial charge in [-0.15, -0.1) is 0 Å². The fourth-order valence-electron chi connectivity index (χ4n) is 8.29. The average molecular weight is 701 g/mol. The highest BCUT2D eigenvalue weighted by Crippen LogP contribution is 2.42. The summed E-state index contributed by atoms with van der Waals surface area (Å²) in [6.07, 6.45) is 0. The Kier molecular flexibility index (Phi) is 7.14.